The van der Waals surface area contributed by atoms with Crippen LogP contribution in [0.2, 0.25) is 0 Å². The lowest BCUT2D eigenvalue weighted by atomic mass is 10.0. The molecule has 35 heavy (non-hydrogen) atoms. The Morgan fingerprint density at radius 3 is 2.40 bits per heavy atom. The Hall–Kier alpha value is -3.55. The fourth-order valence-corrected chi connectivity index (χ4v) is 4.46. The second-order valence-electron chi connectivity index (χ2n) is 8.48. The highest BCUT2D eigenvalue weighted by Gasteiger charge is 2.27. The molecule has 7 heteroatoms. The summed E-state index contributed by atoms with van der Waals surface area (Å²) >= 11 is 0. The van der Waals surface area contributed by atoms with Crippen molar-refractivity contribution in [1.82, 2.24) is 14.5 Å². The minimum atomic E-state index is -0.451. The highest BCUT2D eigenvalue weighted by Crippen LogP contribution is 2.26. The zero-order valence-electron chi connectivity index (χ0n) is 20.4. The number of carbonyl (C=O) groups is 1. The first-order chi connectivity index (χ1) is 17.1. The van der Waals surface area contributed by atoms with Gasteiger partial charge in [-0.15, -0.1) is 0 Å². The highest BCUT2D eigenvalue weighted by molar-refractivity contribution is 6.07. The molecule has 0 bridgehead atoms. The molecule has 7 nitrogen and oxygen atoms in total. The fourth-order valence-electron chi connectivity index (χ4n) is 4.46. The van der Waals surface area contributed by atoms with Crippen LogP contribution in [-0.2, 0) is 16.0 Å². The summed E-state index contributed by atoms with van der Waals surface area (Å²) in [4.78, 5) is 34.0. The molecule has 0 aliphatic heterocycles. The maximum atomic E-state index is 14.0. The molecule has 0 saturated carbocycles. The number of amides is 1. The van der Waals surface area contributed by atoms with Gasteiger partial charge in [-0.05, 0) is 42.3 Å². The third-order valence-electron chi connectivity index (χ3n) is 6.28. The van der Waals surface area contributed by atoms with Crippen LogP contribution in [0.5, 0.6) is 0 Å². The van der Waals surface area contributed by atoms with Crippen LogP contribution < -0.4 is 5.56 Å². The van der Waals surface area contributed by atoms with E-state index in [9.17, 15) is 9.59 Å². The van der Waals surface area contributed by atoms with Gasteiger partial charge in [0, 0.05) is 32.9 Å². The minimum absolute atomic E-state index is 0.105. The van der Waals surface area contributed by atoms with Gasteiger partial charge in [-0.2, -0.15) is 0 Å². The normalized spacial score (nSPS) is 12.2. The Bertz CT molecular complexity index is 1380. The topological polar surface area (TPSA) is 73.7 Å². The molecule has 1 amide bonds. The van der Waals surface area contributed by atoms with Gasteiger partial charge < -0.3 is 14.4 Å². The molecule has 4 rings (SSSR count). The van der Waals surface area contributed by atoms with Crippen molar-refractivity contribution < 1.29 is 14.3 Å². The third kappa shape index (κ3) is 5.11. The van der Waals surface area contributed by atoms with E-state index >= 15 is 0 Å². The number of ether oxygens (including phenoxy) is 2. The first-order valence-corrected chi connectivity index (χ1v) is 11.8. The van der Waals surface area contributed by atoms with Gasteiger partial charge in [-0.1, -0.05) is 48.5 Å². The number of para-hydroxylation sites is 1. The van der Waals surface area contributed by atoms with E-state index in [1.165, 1.54) is 0 Å². The van der Waals surface area contributed by atoms with Crippen molar-refractivity contribution in [3.8, 4) is 0 Å². The number of hydrogen-bond donors (Lipinski definition) is 0. The van der Waals surface area contributed by atoms with Gasteiger partial charge in [0.2, 0.25) is 0 Å². The van der Waals surface area contributed by atoms with Crippen molar-refractivity contribution in [3.05, 3.63) is 88.5 Å². The molecular weight excluding hydrogens is 442 g/mol. The summed E-state index contributed by atoms with van der Waals surface area (Å²) in [7, 11) is 3.25. The summed E-state index contributed by atoms with van der Waals surface area (Å²) < 4.78 is 12.2. The summed E-state index contributed by atoms with van der Waals surface area (Å²) in [6, 6.07) is 20.5. The molecule has 1 unspecified atom stereocenters. The van der Waals surface area contributed by atoms with Crippen LogP contribution in [0.15, 0.2) is 71.5 Å². The molecule has 0 aliphatic carbocycles. The Morgan fingerprint density at radius 2 is 1.63 bits per heavy atom. The molecule has 3 aromatic carbocycles. The monoisotopic (exact) mass is 473 g/mol. The van der Waals surface area contributed by atoms with E-state index in [1.807, 2.05) is 67.6 Å². The lowest BCUT2D eigenvalue weighted by molar-refractivity contribution is 0.0655. The lowest BCUT2D eigenvalue weighted by Gasteiger charge is -2.31. The van der Waals surface area contributed by atoms with Crippen molar-refractivity contribution in [2.45, 2.75) is 25.9 Å². The van der Waals surface area contributed by atoms with Crippen molar-refractivity contribution in [1.29, 1.82) is 0 Å². The average molecular weight is 474 g/mol. The largest absolute Gasteiger partial charge is 0.385 e. The molecule has 0 radical (unpaired) electrons. The van der Waals surface area contributed by atoms with Crippen LogP contribution in [0, 0.1) is 0 Å². The van der Waals surface area contributed by atoms with Crippen LogP contribution in [-0.4, -0.2) is 54.3 Å². The van der Waals surface area contributed by atoms with E-state index in [0.29, 0.717) is 55.0 Å². The van der Waals surface area contributed by atoms with Crippen LogP contribution in [0.1, 0.15) is 35.6 Å². The quantitative estimate of drug-likeness (QED) is 0.319. The van der Waals surface area contributed by atoms with Gasteiger partial charge in [0.1, 0.15) is 5.82 Å². The Kier molecular flexibility index (Phi) is 7.90. The Balaban J connectivity index is 1.82. The number of carbonyl (C=O) groups excluding carboxylic acids is 1. The van der Waals surface area contributed by atoms with E-state index in [2.05, 4.69) is 0 Å². The zero-order valence-corrected chi connectivity index (χ0v) is 20.4. The van der Waals surface area contributed by atoms with Crippen LogP contribution in [0.4, 0.5) is 0 Å². The third-order valence-corrected chi connectivity index (χ3v) is 6.28. The molecular formula is C28H31N3O4. The van der Waals surface area contributed by atoms with Crippen molar-refractivity contribution in [2.75, 3.05) is 34.0 Å². The standard InChI is InChI=1S/C28H31N3O4/c1-20(26-29-25-15-7-6-13-24(25)28(33)31(26)17-19-35-3)30(16-9-18-34-2)27(32)23-14-8-11-21-10-4-5-12-22(21)23/h4-8,10-15,20H,9,16-19H2,1-3H3. The molecule has 0 spiro atoms. The predicted octanol–water partition coefficient (Wildman–Crippen LogP) is 4.44. The molecule has 1 aromatic heterocycles. The molecule has 0 fully saturated rings. The first-order valence-electron chi connectivity index (χ1n) is 11.8. The smallest absolute Gasteiger partial charge is 0.261 e. The lowest BCUT2D eigenvalue weighted by Crippen LogP contribution is -2.39. The predicted molar refractivity (Wildman–Crippen MR) is 138 cm³/mol. The second kappa shape index (κ2) is 11.3. The van der Waals surface area contributed by atoms with Gasteiger partial charge in [-0.3, -0.25) is 14.2 Å². The van der Waals surface area contributed by atoms with Crippen molar-refractivity contribution in [2.24, 2.45) is 0 Å². The number of rotatable bonds is 10. The number of benzene rings is 3. The molecule has 4 aromatic rings. The van der Waals surface area contributed by atoms with E-state index in [4.69, 9.17) is 14.5 Å². The summed E-state index contributed by atoms with van der Waals surface area (Å²) in [6.07, 6.45) is 0.660. The summed E-state index contributed by atoms with van der Waals surface area (Å²) in [5.41, 5.74) is 1.10. The second-order valence-corrected chi connectivity index (χ2v) is 8.48. The average Bonchev–Trinajstić information content (AvgIpc) is 2.89. The van der Waals surface area contributed by atoms with Gasteiger partial charge in [0.05, 0.1) is 30.1 Å². The van der Waals surface area contributed by atoms with E-state index in [1.54, 1.807) is 29.8 Å². The van der Waals surface area contributed by atoms with Gasteiger partial charge >= 0.3 is 0 Å². The Labute approximate surface area is 204 Å². The molecule has 1 heterocycles. The van der Waals surface area contributed by atoms with Crippen LogP contribution in [0.25, 0.3) is 21.7 Å². The first kappa shape index (κ1) is 24.6. The summed E-state index contributed by atoms with van der Waals surface area (Å²) in [5.74, 6) is 0.433. The summed E-state index contributed by atoms with van der Waals surface area (Å²) in [6.45, 7) is 3.62. The SMILES string of the molecule is COCCCN(C(=O)c1cccc2ccccc12)C(C)c1nc2ccccc2c(=O)n1CCOC. The van der Waals surface area contributed by atoms with Crippen molar-refractivity contribution >= 4 is 27.6 Å². The van der Waals surface area contributed by atoms with Gasteiger partial charge in [-0.25, -0.2) is 4.98 Å². The van der Waals surface area contributed by atoms with E-state index in [-0.39, 0.29) is 11.5 Å². The number of nitrogens with zero attached hydrogens (tertiary/aromatic N) is 3. The number of fused-ring (bicyclic) bond motifs is 2. The van der Waals surface area contributed by atoms with E-state index in [0.717, 1.165) is 10.8 Å². The maximum Gasteiger partial charge on any atom is 0.261 e. The van der Waals surface area contributed by atoms with Crippen LogP contribution >= 0.6 is 0 Å². The van der Waals surface area contributed by atoms with Crippen molar-refractivity contribution in [3.63, 3.8) is 0 Å². The number of hydrogen-bond acceptors (Lipinski definition) is 5. The van der Waals surface area contributed by atoms with E-state index < -0.39 is 6.04 Å². The molecule has 0 aliphatic rings. The molecule has 0 N–H and O–H groups in total. The summed E-state index contributed by atoms with van der Waals surface area (Å²) in [5, 5.41) is 2.45. The Morgan fingerprint density at radius 1 is 0.943 bits per heavy atom. The minimum Gasteiger partial charge on any atom is -0.385 e. The van der Waals surface area contributed by atoms with Gasteiger partial charge in [0.15, 0.2) is 0 Å². The zero-order chi connectivity index (χ0) is 24.8. The van der Waals surface area contributed by atoms with Crippen LogP contribution in [0.3, 0.4) is 0 Å². The molecule has 1 atom stereocenters. The number of methoxy groups -OCH3 is 2. The number of aromatic nitrogens is 2. The molecule has 182 valence electrons. The maximum absolute atomic E-state index is 14.0. The molecule has 0 saturated heterocycles. The fraction of sp³-hybridized carbons (Fsp3) is 0.321. The van der Waals surface area contributed by atoms with Gasteiger partial charge in [0.25, 0.3) is 11.5 Å². The highest BCUT2D eigenvalue weighted by atomic mass is 16.5.